The maximum Gasteiger partial charge on any atom is 0.389 e. The first-order valence-electron chi connectivity index (χ1n) is 5.06. The van der Waals surface area contributed by atoms with Crippen molar-refractivity contribution in [3.63, 3.8) is 0 Å². The number of hydrazine groups is 1. The molecule has 1 atom stereocenters. The number of rotatable bonds is 5. The molecule has 1 heterocycles. The Hall–Kier alpha value is -0.850. The fourth-order valence-corrected chi connectivity index (χ4v) is 1.75. The lowest BCUT2D eigenvalue weighted by atomic mass is 10.0. The third-order valence-electron chi connectivity index (χ3n) is 2.33. The van der Waals surface area contributed by atoms with E-state index in [2.05, 4.69) is 10.4 Å². The van der Waals surface area contributed by atoms with Gasteiger partial charge in [-0.25, -0.2) is 0 Å². The predicted molar refractivity (Wildman–Crippen MR) is 59.2 cm³/mol. The minimum Gasteiger partial charge on any atom is -0.271 e. The second-order valence-electron chi connectivity index (χ2n) is 3.62. The van der Waals surface area contributed by atoms with Crippen LogP contribution in [0, 0.1) is 0 Å². The molecule has 0 aromatic carbocycles. The molecule has 0 spiro atoms. The third kappa shape index (κ3) is 4.89. The van der Waals surface area contributed by atoms with Gasteiger partial charge in [-0.05, 0) is 24.5 Å². The maximum atomic E-state index is 12.0. The monoisotopic (exact) mass is 267 g/mol. The molecular weight excluding hydrogens is 255 g/mol. The van der Waals surface area contributed by atoms with Crippen LogP contribution in [0.2, 0.25) is 5.02 Å². The summed E-state index contributed by atoms with van der Waals surface area (Å²) in [4.78, 5) is 3.80. The summed E-state index contributed by atoms with van der Waals surface area (Å²) in [6.07, 6.45) is -1.74. The fraction of sp³-hybridized carbons (Fsp3) is 0.500. The van der Waals surface area contributed by atoms with Gasteiger partial charge in [0.05, 0.1) is 5.02 Å². The molecule has 7 heteroatoms. The molecule has 0 saturated heterocycles. The average Bonchev–Trinajstić information content (AvgIpc) is 2.24. The minimum absolute atomic E-state index is 0.00296. The van der Waals surface area contributed by atoms with E-state index in [1.807, 2.05) is 0 Å². The highest BCUT2D eigenvalue weighted by Gasteiger charge is 2.27. The fourth-order valence-electron chi connectivity index (χ4n) is 1.50. The molecule has 17 heavy (non-hydrogen) atoms. The van der Waals surface area contributed by atoms with Crippen molar-refractivity contribution in [2.24, 2.45) is 5.84 Å². The molecule has 0 saturated carbocycles. The van der Waals surface area contributed by atoms with Crippen molar-refractivity contribution < 1.29 is 13.2 Å². The number of aromatic nitrogens is 1. The van der Waals surface area contributed by atoms with Crippen molar-refractivity contribution in [2.75, 3.05) is 0 Å². The highest BCUT2D eigenvalue weighted by atomic mass is 35.5. The van der Waals surface area contributed by atoms with Crippen molar-refractivity contribution in [3.8, 4) is 0 Å². The summed E-state index contributed by atoms with van der Waals surface area (Å²) in [7, 11) is 0. The number of nitrogens with zero attached hydrogens (tertiary/aromatic N) is 1. The van der Waals surface area contributed by atoms with Crippen molar-refractivity contribution in [3.05, 3.63) is 29.0 Å². The molecule has 1 aromatic heterocycles. The van der Waals surface area contributed by atoms with Gasteiger partial charge in [-0.3, -0.25) is 16.3 Å². The highest BCUT2D eigenvalue weighted by molar-refractivity contribution is 6.31. The lowest BCUT2D eigenvalue weighted by Crippen LogP contribution is -2.28. The van der Waals surface area contributed by atoms with Crippen molar-refractivity contribution in [1.29, 1.82) is 0 Å². The topological polar surface area (TPSA) is 50.9 Å². The standard InChI is InChI=1S/C10H13ClF3N3/c11-8-6-16-5-3-7(8)9(17-15)2-1-4-10(12,13)14/h3,5-6,9,17H,1-2,4,15H2. The van der Waals surface area contributed by atoms with Crippen molar-refractivity contribution >= 4 is 11.6 Å². The Kier molecular flexibility index (Phi) is 5.17. The number of nitrogens with one attached hydrogen (secondary N) is 1. The second kappa shape index (κ2) is 6.18. The second-order valence-corrected chi connectivity index (χ2v) is 4.03. The first-order chi connectivity index (χ1) is 7.94. The number of hydrogen-bond donors (Lipinski definition) is 2. The van der Waals surface area contributed by atoms with Gasteiger partial charge in [0.25, 0.3) is 0 Å². The average molecular weight is 268 g/mol. The molecule has 1 rings (SSSR count). The van der Waals surface area contributed by atoms with Crippen LogP contribution < -0.4 is 11.3 Å². The van der Waals surface area contributed by atoms with Gasteiger partial charge in [0.15, 0.2) is 0 Å². The zero-order valence-corrected chi connectivity index (χ0v) is 9.72. The van der Waals surface area contributed by atoms with Crippen LogP contribution in [0.25, 0.3) is 0 Å². The minimum atomic E-state index is -4.14. The molecule has 0 bridgehead atoms. The smallest absolute Gasteiger partial charge is 0.271 e. The van der Waals surface area contributed by atoms with E-state index in [4.69, 9.17) is 17.4 Å². The normalized spacial score (nSPS) is 13.7. The molecule has 96 valence electrons. The number of nitrogens with two attached hydrogens (primary N) is 1. The van der Waals surface area contributed by atoms with E-state index in [0.717, 1.165) is 0 Å². The molecule has 0 aliphatic rings. The summed E-state index contributed by atoms with van der Waals surface area (Å²) >= 11 is 5.89. The molecule has 0 amide bonds. The van der Waals surface area contributed by atoms with E-state index >= 15 is 0 Å². The van der Waals surface area contributed by atoms with Gasteiger partial charge >= 0.3 is 6.18 Å². The molecule has 0 fully saturated rings. The van der Waals surface area contributed by atoms with Crippen LogP contribution in [0.1, 0.15) is 30.9 Å². The Morgan fingerprint density at radius 2 is 2.18 bits per heavy atom. The Labute approximate surface area is 102 Å². The lowest BCUT2D eigenvalue weighted by Gasteiger charge is -2.17. The quantitative estimate of drug-likeness (QED) is 0.637. The van der Waals surface area contributed by atoms with E-state index in [0.29, 0.717) is 10.6 Å². The van der Waals surface area contributed by atoms with Gasteiger partial charge in [-0.15, -0.1) is 0 Å². The number of hydrogen-bond acceptors (Lipinski definition) is 3. The Morgan fingerprint density at radius 1 is 1.47 bits per heavy atom. The molecule has 1 aromatic rings. The van der Waals surface area contributed by atoms with Crippen LogP contribution in [0.5, 0.6) is 0 Å². The summed E-state index contributed by atoms with van der Waals surface area (Å²) in [6.45, 7) is 0. The Balaban J connectivity index is 2.58. The summed E-state index contributed by atoms with van der Waals surface area (Å²) < 4.78 is 36.0. The van der Waals surface area contributed by atoms with E-state index < -0.39 is 18.6 Å². The van der Waals surface area contributed by atoms with Gasteiger partial charge in [-0.1, -0.05) is 11.6 Å². The largest absolute Gasteiger partial charge is 0.389 e. The summed E-state index contributed by atoms with van der Waals surface area (Å²) in [5, 5.41) is 0.391. The van der Waals surface area contributed by atoms with Crippen LogP contribution in [0.15, 0.2) is 18.5 Å². The summed E-state index contributed by atoms with van der Waals surface area (Å²) in [5.41, 5.74) is 3.12. The van der Waals surface area contributed by atoms with E-state index in [-0.39, 0.29) is 12.8 Å². The highest BCUT2D eigenvalue weighted by Crippen LogP contribution is 2.28. The Morgan fingerprint density at radius 3 is 2.71 bits per heavy atom. The molecule has 0 radical (unpaired) electrons. The molecule has 0 aliphatic carbocycles. The van der Waals surface area contributed by atoms with Gasteiger partial charge in [-0.2, -0.15) is 13.2 Å². The Bertz CT molecular complexity index is 357. The summed E-state index contributed by atoms with van der Waals surface area (Å²) in [5.74, 6) is 5.31. The predicted octanol–water partition coefficient (Wildman–Crippen LogP) is 2.97. The number of alkyl halides is 3. The first kappa shape index (κ1) is 14.2. The van der Waals surface area contributed by atoms with Crippen LogP contribution in [-0.2, 0) is 0 Å². The van der Waals surface area contributed by atoms with Crippen molar-refractivity contribution in [1.82, 2.24) is 10.4 Å². The number of pyridine rings is 1. The molecular formula is C10H13ClF3N3. The van der Waals surface area contributed by atoms with Crippen molar-refractivity contribution in [2.45, 2.75) is 31.5 Å². The molecule has 3 N–H and O–H groups in total. The van der Waals surface area contributed by atoms with E-state index in [1.54, 1.807) is 6.07 Å². The maximum absolute atomic E-state index is 12.0. The van der Waals surface area contributed by atoms with E-state index in [9.17, 15) is 13.2 Å². The third-order valence-corrected chi connectivity index (χ3v) is 2.65. The van der Waals surface area contributed by atoms with Gasteiger partial charge in [0, 0.05) is 24.9 Å². The van der Waals surface area contributed by atoms with Crippen LogP contribution in [0.4, 0.5) is 13.2 Å². The SMILES string of the molecule is NNC(CCCC(F)(F)F)c1ccncc1Cl. The molecule has 0 aliphatic heterocycles. The zero-order chi connectivity index (χ0) is 12.9. The molecule has 3 nitrogen and oxygen atoms in total. The lowest BCUT2D eigenvalue weighted by molar-refractivity contribution is -0.135. The number of halogens is 4. The van der Waals surface area contributed by atoms with Gasteiger partial charge in [0.2, 0.25) is 0 Å². The molecule has 1 unspecified atom stereocenters. The summed E-state index contributed by atoms with van der Waals surface area (Å²) in [6, 6.07) is 1.24. The van der Waals surface area contributed by atoms with E-state index in [1.165, 1.54) is 12.4 Å². The zero-order valence-electron chi connectivity index (χ0n) is 8.97. The van der Waals surface area contributed by atoms with Gasteiger partial charge < -0.3 is 0 Å². The first-order valence-corrected chi connectivity index (χ1v) is 5.44. The van der Waals surface area contributed by atoms with Crippen LogP contribution in [0.3, 0.4) is 0 Å². The van der Waals surface area contributed by atoms with Gasteiger partial charge in [0.1, 0.15) is 0 Å². The van der Waals surface area contributed by atoms with Crippen LogP contribution in [-0.4, -0.2) is 11.2 Å². The van der Waals surface area contributed by atoms with Crippen LogP contribution >= 0.6 is 11.6 Å².